The van der Waals surface area contributed by atoms with Crippen LogP contribution in [0.2, 0.25) is 0 Å². The first-order valence-corrected chi connectivity index (χ1v) is 12.6. The highest BCUT2D eigenvalue weighted by molar-refractivity contribution is 7.17. The van der Waals surface area contributed by atoms with Crippen molar-refractivity contribution in [3.05, 3.63) is 51.5 Å². The molecule has 34 heavy (non-hydrogen) atoms. The molecule has 0 bridgehead atoms. The number of aromatic amines is 1. The van der Waals surface area contributed by atoms with Crippen LogP contribution in [0.5, 0.6) is 5.75 Å². The largest absolute Gasteiger partial charge is 0.507 e. The van der Waals surface area contributed by atoms with Crippen molar-refractivity contribution in [2.75, 3.05) is 18.5 Å². The average Bonchev–Trinajstić information content (AvgIpc) is 3.62. The van der Waals surface area contributed by atoms with Crippen molar-refractivity contribution in [2.45, 2.75) is 51.6 Å². The van der Waals surface area contributed by atoms with Gasteiger partial charge >= 0.3 is 0 Å². The molecule has 1 aliphatic heterocycles. The van der Waals surface area contributed by atoms with Crippen molar-refractivity contribution < 1.29 is 19.4 Å². The Morgan fingerprint density at radius 2 is 2.12 bits per heavy atom. The number of nitrogens with zero attached hydrogens (tertiary/aromatic N) is 1. The normalized spacial score (nSPS) is 17.0. The first-order chi connectivity index (χ1) is 16.5. The fourth-order valence-electron chi connectivity index (χ4n) is 4.59. The zero-order chi connectivity index (χ0) is 23.7. The zero-order valence-electron chi connectivity index (χ0n) is 19.1. The summed E-state index contributed by atoms with van der Waals surface area (Å²) in [6.07, 6.45) is 5.62. The highest BCUT2D eigenvalue weighted by atomic mass is 32.1. The number of phenolic OH excluding ortho intramolecular Hbond substituents is 1. The second-order valence-corrected chi connectivity index (χ2v) is 9.84. The summed E-state index contributed by atoms with van der Waals surface area (Å²) < 4.78 is 5.62. The number of aromatic nitrogens is 2. The molecule has 9 heteroatoms. The first kappa shape index (κ1) is 22.6. The van der Waals surface area contributed by atoms with Gasteiger partial charge in [-0.3, -0.25) is 14.7 Å². The van der Waals surface area contributed by atoms with Gasteiger partial charge in [0.1, 0.15) is 16.4 Å². The lowest BCUT2D eigenvalue weighted by Gasteiger charge is -2.12. The molecular formula is C25H28N4O4S. The number of nitrogens with one attached hydrogen (secondary N) is 3. The Morgan fingerprint density at radius 3 is 2.91 bits per heavy atom. The summed E-state index contributed by atoms with van der Waals surface area (Å²) in [5, 5.41) is 23.7. The van der Waals surface area contributed by atoms with Crippen LogP contribution >= 0.6 is 11.3 Å². The van der Waals surface area contributed by atoms with E-state index in [1.54, 1.807) is 12.1 Å². The molecule has 1 saturated heterocycles. The molecule has 1 aliphatic carbocycles. The van der Waals surface area contributed by atoms with Crippen LogP contribution in [0.4, 0.5) is 5.00 Å². The van der Waals surface area contributed by atoms with Gasteiger partial charge in [0.25, 0.3) is 11.8 Å². The summed E-state index contributed by atoms with van der Waals surface area (Å²) in [4.78, 5) is 27.3. The molecule has 178 valence electrons. The van der Waals surface area contributed by atoms with Crippen LogP contribution in [0.3, 0.4) is 0 Å². The molecule has 5 rings (SSSR count). The number of anilines is 1. The maximum Gasteiger partial charge on any atom is 0.274 e. The molecule has 3 aromatic rings. The average molecular weight is 481 g/mol. The lowest BCUT2D eigenvalue weighted by atomic mass is 10.1. The van der Waals surface area contributed by atoms with Gasteiger partial charge in [0.15, 0.2) is 0 Å². The number of fused-ring (bicyclic) bond motifs is 1. The highest BCUT2D eigenvalue weighted by Gasteiger charge is 2.28. The Bertz CT molecular complexity index is 1230. The summed E-state index contributed by atoms with van der Waals surface area (Å²) in [7, 11) is 0. The minimum Gasteiger partial charge on any atom is -0.507 e. The third-order valence-electron chi connectivity index (χ3n) is 6.46. The molecule has 3 heterocycles. The number of ether oxygens (including phenoxy) is 1. The summed E-state index contributed by atoms with van der Waals surface area (Å²) in [5.41, 5.74) is 3.98. The maximum atomic E-state index is 13.1. The van der Waals surface area contributed by atoms with E-state index in [9.17, 15) is 14.7 Å². The Kier molecular flexibility index (Phi) is 6.38. The van der Waals surface area contributed by atoms with E-state index >= 15 is 0 Å². The summed E-state index contributed by atoms with van der Waals surface area (Å²) in [6, 6.07) is 6.98. The fourth-order valence-corrected chi connectivity index (χ4v) is 5.87. The Morgan fingerprint density at radius 1 is 1.24 bits per heavy atom. The van der Waals surface area contributed by atoms with Crippen LogP contribution in [-0.2, 0) is 24.0 Å². The van der Waals surface area contributed by atoms with Crippen LogP contribution in [0.15, 0.2) is 24.3 Å². The van der Waals surface area contributed by atoms with Crippen molar-refractivity contribution in [3.63, 3.8) is 0 Å². The smallest absolute Gasteiger partial charge is 0.274 e. The second-order valence-electron chi connectivity index (χ2n) is 8.73. The fraction of sp³-hybridized carbons (Fsp3) is 0.400. The number of phenols is 1. The molecule has 1 atom stereocenters. The number of hydrogen-bond acceptors (Lipinski definition) is 6. The van der Waals surface area contributed by atoms with Gasteiger partial charge in [-0.1, -0.05) is 13.0 Å². The number of benzene rings is 1. The van der Waals surface area contributed by atoms with Gasteiger partial charge in [-0.25, -0.2) is 0 Å². The number of hydrogen-bond donors (Lipinski definition) is 4. The molecule has 0 saturated carbocycles. The quantitative estimate of drug-likeness (QED) is 0.407. The standard InChI is InChI=1S/C25H28N4O4S/c1-2-14-8-9-20(30)17(11-14)18-12-19(29-28-18)23(31)27-25-22(16-6-3-7-21(16)34-25)24(32)26-13-15-5-4-10-33-15/h8-9,11-12,15,30H,2-7,10,13H2,1H3,(H,26,32)(H,27,31)(H,28,29). The van der Waals surface area contributed by atoms with E-state index in [1.165, 1.54) is 11.3 Å². The molecule has 1 unspecified atom stereocenters. The Balaban J connectivity index is 1.35. The van der Waals surface area contributed by atoms with Crippen LogP contribution in [0.1, 0.15) is 63.0 Å². The van der Waals surface area contributed by atoms with Gasteiger partial charge < -0.3 is 20.5 Å². The minimum atomic E-state index is -0.377. The van der Waals surface area contributed by atoms with Gasteiger partial charge in [-0.2, -0.15) is 5.10 Å². The molecule has 0 radical (unpaired) electrons. The number of carbonyl (C=O) groups excluding carboxylic acids is 2. The number of carbonyl (C=O) groups is 2. The SMILES string of the molecule is CCc1ccc(O)c(-c2cc(C(=O)Nc3sc4c(c3C(=O)NCC3CCCO3)CCC4)[nH]n2)c1. The van der Waals surface area contributed by atoms with E-state index in [-0.39, 0.29) is 29.4 Å². The van der Waals surface area contributed by atoms with Gasteiger partial charge in [0.05, 0.1) is 17.4 Å². The summed E-state index contributed by atoms with van der Waals surface area (Å²) in [6.45, 7) is 3.25. The lowest BCUT2D eigenvalue weighted by molar-refractivity contribution is 0.0858. The molecule has 1 fully saturated rings. The van der Waals surface area contributed by atoms with E-state index in [1.807, 2.05) is 19.1 Å². The maximum absolute atomic E-state index is 13.1. The van der Waals surface area contributed by atoms with Crippen molar-refractivity contribution in [1.29, 1.82) is 0 Å². The molecule has 1 aromatic carbocycles. The topological polar surface area (TPSA) is 116 Å². The predicted molar refractivity (Wildman–Crippen MR) is 131 cm³/mol. The predicted octanol–water partition coefficient (Wildman–Crippen LogP) is 4.06. The third kappa shape index (κ3) is 4.45. The van der Waals surface area contributed by atoms with E-state index in [2.05, 4.69) is 20.8 Å². The monoisotopic (exact) mass is 480 g/mol. The van der Waals surface area contributed by atoms with Gasteiger partial charge in [0, 0.05) is 23.6 Å². The van der Waals surface area contributed by atoms with Gasteiger partial charge in [0.2, 0.25) is 0 Å². The van der Waals surface area contributed by atoms with Crippen molar-refractivity contribution in [3.8, 4) is 17.0 Å². The Labute approximate surface area is 201 Å². The number of thiophene rings is 1. The zero-order valence-corrected chi connectivity index (χ0v) is 19.9. The molecule has 4 N–H and O–H groups in total. The third-order valence-corrected chi connectivity index (χ3v) is 7.66. The molecule has 8 nitrogen and oxygen atoms in total. The van der Waals surface area contributed by atoms with E-state index in [0.29, 0.717) is 28.4 Å². The lowest BCUT2D eigenvalue weighted by Crippen LogP contribution is -2.32. The van der Waals surface area contributed by atoms with E-state index in [0.717, 1.165) is 61.1 Å². The number of aromatic hydroxyl groups is 1. The van der Waals surface area contributed by atoms with E-state index in [4.69, 9.17) is 4.74 Å². The van der Waals surface area contributed by atoms with Gasteiger partial charge in [-0.15, -0.1) is 11.3 Å². The summed E-state index contributed by atoms with van der Waals surface area (Å²) >= 11 is 1.47. The van der Waals surface area contributed by atoms with Crippen LogP contribution in [0.25, 0.3) is 11.3 Å². The van der Waals surface area contributed by atoms with Crippen LogP contribution in [-0.4, -0.2) is 46.4 Å². The summed E-state index contributed by atoms with van der Waals surface area (Å²) in [5.74, 6) is -0.440. The van der Waals surface area contributed by atoms with Gasteiger partial charge in [-0.05, 0) is 67.9 Å². The van der Waals surface area contributed by atoms with Crippen LogP contribution in [0, 0.1) is 0 Å². The number of H-pyrrole nitrogens is 1. The van der Waals surface area contributed by atoms with Crippen molar-refractivity contribution in [1.82, 2.24) is 15.5 Å². The van der Waals surface area contributed by atoms with E-state index < -0.39 is 0 Å². The van der Waals surface area contributed by atoms with Crippen LogP contribution < -0.4 is 10.6 Å². The van der Waals surface area contributed by atoms with Crippen molar-refractivity contribution >= 4 is 28.2 Å². The minimum absolute atomic E-state index is 0.0553. The highest BCUT2D eigenvalue weighted by Crippen LogP contribution is 2.39. The molecular weight excluding hydrogens is 452 g/mol. The Hall–Kier alpha value is -3.17. The molecule has 2 aliphatic rings. The molecule has 2 amide bonds. The first-order valence-electron chi connectivity index (χ1n) is 11.8. The molecule has 0 spiro atoms. The number of amides is 2. The van der Waals surface area contributed by atoms with Crippen molar-refractivity contribution in [2.24, 2.45) is 0 Å². The second kappa shape index (κ2) is 9.60. The number of aryl methyl sites for hydroxylation is 2. The molecule has 2 aromatic heterocycles. The number of rotatable bonds is 7.